The number of aliphatic imine (C=N–C) groups is 1. The van der Waals surface area contributed by atoms with E-state index >= 15 is 0 Å². The Hall–Kier alpha value is -2.25. The van der Waals surface area contributed by atoms with Gasteiger partial charge in [-0.05, 0) is 51.7 Å². The van der Waals surface area contributed by atoms with Crippen LogP contribution in [0, 0.1) is 0 Å². The van der Waals surface area contributed by atoms with E-state index in [1.807, 2.05) is 19.2 Å². The van der Waals surface area contributed by atoms with Gasteiger partial charge in [-0.3, -0.25) is 9.69 Å². The van der Waals surface area contributed by atoms with Crippen LogP contribution in [0.2, 0.25) is 0 Å². The second-order valence-corrected chi connectivity index (χ2v) is 6.02. The number of nitrogens with one attached hydrogen (secondary N) is 3. The van der Waals surface area contributed by atoms with Crippen LogP contribution >= 0.6 is 0 Å². The first kappa shape index (κ1) is 16.6. The largest absolute Gasteiger partial charge is 0.342 e. The molecule has 1 aliphatic rings. The first-order chi connectivity index (χ1) is 11.7. The van der Waals surface area contributed by atoms with Crippen LogP contribution in [0.3, 0.4) is 0 Å². The van der Waals surface area contributed by atoms with Crippen molar-refractivity contribution in [3.05, 3.63) is 28.6 Å². The van der Waals surface area contributed by atoms with E-state index < -0.39 is 0 Å². The van der Waals surface area contributed by atoms with E-state index in [9.17, 15) is 4.79 Å². The third-order valence-electron chi connectivity index (χ3n) is 4.13. The maximum atomic E-state index is 11.9. The molecule has 128 valence electrons. The van der Waals surface area contributed by atoms with E-state index in [1.165, 1.54) is 0 Å². The van der Waals surface area contributed by atoms with E-state index in [4.69, 9.17) is 0 Å². The second kappa shape index (κ2) is 7.55. The number of amidine groups is 1. The van der Waals surface area contributed by atoms with Gasteiger partial charge in [0, 0.05) is 0 Å². The van der Waals surface area contributed by atoms with Crippen LogP contribution in [-0.4, -0.2) is 54.2 Å². The van der Waals surface area contributed by atoms with Crippen molar-refractivity contribution in [2.45, 2.75) is 19.8 Å². The van der Waals surface area contributed by atoms with Crippen molar-refractivity contribution in [3.8, 4) is 0 Å². The molecule has 2 aromatic rings. The zero-order valence-corrected chi connectivity index (χ0v) is 14.2. The summed E-state index contributed by atoms with van der Waals surface area (Å²) in [6, 6.07) is 5.64. The lowest BCUT2D eigenvalue weighted by Crippen LogP contribution is -2.36. The molecule has 2 heterocycles. The summed E-state index contributed by atoms with van der Waals surface area (Å²) < 4.78 is 0. The van der Waals surface area contributed by atoms with Crippen LogP contribution < -0.4 is 16.2 Å². The Kier molecular flexibility index (Phi) is 5.22. The van der Waals surface area contributed by atoms with E-state index in [0.717, 1.165) is 55.9 Å². The highest BCUT2D eigenvalue weighted by Crippen LogP contribution is 2.31. The number of hydrogen-bond donors (Lipinski definition) is 3. The van der Waals surface area contributed by atoms with E-state index in [1.54, 1.807) is 6.07 Å². The Morgan fingerprint density at radius 3 is 2.96 bits per heavy atom. The zero-order chi connectivity index (χ0) is 16.9. The SMILES string of the molecule is CCCN(CCCNC)CC1=Nc2n[nH]c(=O)c3cccc(c23)N1. The molecule has 0 amide bonds. The molecular formula is C17H24N6O. The van der Waals surface area contributed by atoms with Gasteiger partial charge >= 0.3 is 0 Å². The van der Waals surface area contributed by atoms with Gasteiger partial charge in [0.15, 0.2) is 5.82 Å². The fraction of sp³-hybridized carbons (Fsp3) is 0.471. The topological polar surface area (TPSA) is 85.4 Å². The van der Waals surface area contributed by atoms with Gasteiger partial charge in [0.1, 0.15) is 5.84 Å². The molecule has 1 aromatic carbocycles. The molecule has 0 aliphatic carbocycles. The molecule has 1 aliphatic heterocycles. The molecular weight excluding hydrogens is 304 g/mol. The smallest absolute Gasteiger partial charge is 0.272 e. The van der Waals surface area contributed by atoms with Crippen LogP contribution in [-0.2, 0) is 0 Å². The predicted molar refractivity (Wildman–Crippen MR) is 98.4 cm³/mol. The molecule has 3 rings (SSSR count). The monoisotopic (exact) mass is 328 g/mol. The maximum Gasteiger partial charge on any atom is 0.272 e. The molecule has 0 bridgehead atoms. The summed E-state index contributed by atoms with van der Waals surface area (Å²) in [7, 11) is 1.97. The Morgan fingerprint density at radius 1 is 1.29 bits per heavy atom. The summed E-state index contributed by atoms with van der Waals surface area (Å²) in [6.45, 7) is 5.98. The number of nitrogens with zero attached hydrogens (tertiary/aromatic N) is 3. The van der Waals surface area contributed by atoms with E-state index in [0.29, 0.717) is 11.2 Å². The van der Waals surface area contributed by atoms with Crippen molar-refractivity contribution in [2.75, 3.05) is 38.5 Å². The average Bonchev–Trinajstić information content (AvgIpc) is 2.58. The quantitative estimate of drug-likeness (QED) is 0.642. The summed E-state index contributed by atoms with van der Waals surface area (Å²) in [5.74, 6) is 1.45. The number of aromatic nitrogens is 2. The number of aromatic amines is 1. The van der Waals surface area contributed by atoms with Crippen LogP contribution in [0.1, 0.15) is 19.8 Å². The van der Waals surface area contributed by atoms with E-state index in [2.05, 4.69) is 37.6 Å². The number of H-pyrrole nitrogens is 1. The van der Waals surface area contributed by atoms with Gasteiger partial charge in [0.25, 0.3) is 5.56 Å². The van der Waals surface area contributed by atoms with Crippen molar-refractivity contribution in [2.24, 2.45) is 4.99 Å². The average molecular weight is 328 g/mol. The van der Waals surface area contributed by atoms with Crippen molar-refractivity contribution >= 4 is 28.1 Å². The van der Waals surface area contributed by atoms with Crippen LogP contribution in [0.5, 0.6) is 0 Å². The molecule has 0 unspecified atom stereocenters. The molecule has 0 atom stereocenters. The minimum atomic E-state index is -0.185. The van der Waals surface area contributed by atoms with Crippen molar-refractivity contribution in [3.63, 3.8) is 0 Å². The predicted octanol–water partition coefficient (Wildman–Crippen LogP) is 1.70. The highest BCUT2D eigenvalue weighted by molar-refractivity contribution is 6.12. The third kappa shape index (κ3) is 3.47. The molecule has 7 heteroatoms. The summed E-state index contributed by atoms with van der Waals surface area (Å²) in [6.07, 6.45) is 2.20. The van der Waals surface area contributed by atoms with E-state index in [-0.39, 0.29) is 5.56 Å². The van der Waals surface area contributed by atoms with Gasteiger partial charge in [-0.2, -0.15) is 5.10 Å². The molecule has 0 radical (unpaired) electrons. The van der Waals surface area contributed by atoms with Crippen LogP contribution in [0.4, 0.5) is 11.5 Å². The summed E-state index contributed by atoms with van der Waals surface area (Å²) in [5, 5.41) is 14.6. The normalized spacial score (nSPS) is 13.2. The van der Waals surface area contributed by atoms with Crippen LogP contribution in [0.25, 0.3) is 10.8 Å². The van der Waals surface area contributed by atoms with Crippen LogP contribution in [0.15, 0.2) is 28.0 Å². The van der Waals surface area contributed by atoms with Crippen molar-refractivity contribution in [1.29, 1.82) is 0 Å². The third-order valence-corrected chi connectivity index (χ3v) is 4.13. The molecule has 0 saturated carbocycles. The molecule has 0 fully saturated rings. The molecule has 0 saturated heterocycles. The Balaban J connectivity index is 1.83. The van der Waals surface area contributed by atoms with Gasteiger partial charge < -0.3 is 10.6 Å². The minimum Gasteiger partial charge on any atom is -0.342 e. The fourth-order valence-corrected chi connectivity index (χ4v) is 3.05. The summed E-state index contributed by atoms with van der Waals surface area (Å²) in [5.41, 5.74) is 0.716. The summed E-state index contributed by atoms with van der Waals surface area (Å²) >= 11 is 0. The molecule has 24 heavy (non-hydrogen) atoms. The van der Waals surface area contributed by atoms with Crippen molar-refractivity contribution in [1.82, 2.24) is 20.4 Å². The van der Waals surface area contributed by atoms with Gasteiger partial charge in [0.05, 0.1) is 23.0 Å². The lowest BCUT2D eigenvalue weighted by molar-refractivity contribution is 0.306. The highest BCUT2D eigenvalue weighted by atomic mass is 16.1. The fourth-order valence-electron chi connectivity index (χ4n) is 3.05. The van der Waals surface area contributed by atoms with Gasteiger partial charge in [-0.15, -0.1) is 0 Å². The molecule has 7 nitrogen and oxygen atoms in total. The molecule has 0 spiro atoms. The standard InChI is InChI=1S/C17H24N6O/c1-3-9-23(10-5-8-18-2)11-14-19-13-7-4-6-12-15(13)16(20-14)21-22-17(12)24/h4,6-7,18H,3,5,8-11H2,1-2H3,(H,22,24)(H,19,20,21). The first-order valence-corrected chi connectivity index (χ1v) is 8.46. The Morgan fingerprint density at radius 2 is 2.17 bits per heavy atom. The number of hydrogen-bond acceptors (Lipinski definition) is 6. The molecule has 1 aromatic heterocycles. The molecule has 3 N–H and O–H groups in total. The lowest BCUT2D eigenvalue weighted by Gasteiger charge is -2.25. The van der Waals surface area contributed by atoms with Crippen molar-refractivity contribution < 1.29 is 0 Å². The Bertz CT molecular complexity index is 797. The summed E-state index contributed by atoms with van der Waals surface area (Å²) in [4.78, 5) is 18.9. The number of rotatable bonds is 8. The lowest BCUT2D eigenvalue weighted by atomic mass is 10.1. The zero-order valence-electron chi connectivity index (χ0n) is 14.2. The van der Waals surface area contributed by atoms with Gasteiger partial charge in [0.2, 0.25) is 0 Å². The number of anilines is 1. The number of benzene rings is 1. The highest BCUT2D eigenvalue weighted by Gasteiger charge is 2.18. The van der Waals surface area contributed by atoms with Gasteiger partial charge in [-0.25, -0.2) is 10.1 Å². The van der Waals surface area contributed by atoms with Gasteiger partial charge in [-0.1, -0.05) is 13.0 Å². The second-order valence-electron chi connectivity index (χ2n) is 6.02. The Labute approximate surface area is 141 Å². The first-order valence-electron chi connectivity index (χ1n) is 8.46. The maximum absolute atomic E-state index is 11.9. The minimum absolute atomic E-state index is 0.185.